The average molecular weight is 467 g/mol. The summed E-state index contributed by atoms with van der Waals surface area (Å²) in [6, 6.07) is 6.17. The number of aliphatic carboxylic acids is 1. The number of carboxylic acid groups (broad SMARTS) is 1. The summed E-state index contributed by atoms with van der Waals surface area (Å²) in [6.45, 7) is 5.16. The van der Waals surface area contributed by atoms with Crippen LogP contribution in [-0.4, -0.2) is 33.0 Å². The minimum Gasteiger partial charge on any atom is -0.505 e. The van der Waals surface area contributed by atoms with Crippen molar-refractivity contribution in [1.29, 1.82) is 0 Å². The summed E-state index contributed by atoms with van der Waals surface area (Å²) in [4.78, 5) is 25.3. The van der Waals surface area contributed by atoms with Crippen molar-refractivity contribution in [3.8, 4) is 11.5 Å². The van der Waals surface area contributed by atoms with E-state index in [1.54, 1.807) is 0 Å². The lowest BCUT2D eigenvalue weighted by molar-refractivity contribution is -0.274. The smallest absolute Gasteiger partial charge is 0.505 e. The van der Waals surface area contributed by atoms with E-state index in [1.165, 1.54) is 6.92 Å². The maximum absolute atomic E-state index is 14.2. The van der Waals surface area contributed by atoms with Gasteiger partial charge in [-0.1, -0.05) is 13.8 Å². The Hall–Kier alpha value is -3.56. The molecule has 33 heavy (non-hydrogen) atoms. The van der Waals surface area contributed by atoms with Crippen LogP contribution < -0.4 is 4.74 Å². The summed E-state index contributed by atoms with van der Waals surface area (Å²) < 4.78 is 56.3. The number of alkyl halides is 3. The van der Waals surface area contributed by atoms with Crippen LogP contribution in [0.25, 0.3) is 10.9 Å². The van der Waals surface area contributed by atoms with Crippen molar-refractivity contribution in [3.05, 3.63) is 59.0 Å². The van der Waals surface area contributed by atoms with Crippen molar-refractivity contribution in [2.24, 2.45) is 5.92 Å². The van der Waals surface area contributed by atoms with Gasteiger partial charge < -0.3 is 14.9 Å². The molecule has 0 saturated heterocycles. The molecule has 0 fully saturated rings. The Bertz CT molecular complexity index is 1210. The quantitative estimate of drug-likeness (QED) is 0.461. The molecule has 1 heterocycles. The van der Waals surface area contributed by atoms with Crippen molar-refractivity contribution < 1.29 is 42.1 Å². The van der Waals surface area contributed by atoms with Crippen LogP contribution >= 0.6 is 0 Å². The molecular formula is C23H21F4NO5. The van der Waals surface area contributed by atoms with Gasteiger partial charge in [-0.05, 0) is 55.2 Å². The Balaban J connectivity index is 2.18. The number of phenols is 1. The number of hydrogen-bond acceptors (Lipinski definition) is 4. The molecule has 3 rings (SSSR count). The zero-order valence-electron chi connectivity index (χ0n) is 17.9. The first-order chi connectivity index (χ1) is 15.3. The number of rotatable bonds is 6. The Morgan fingerprint density at radius 2 is 1.73 bits per heavy atom. The average Bonchev–Trinajstić information content (AvgIpc) is 2.96. The molecule has 0 amide bonds. The van der Waals surface area contributed by atoms with E-state index in [0.29, 0.717) is 0 Å². The molecule has 0 bridgehead atoms. The summed E-state index contributed by atoms with van der Waals surface area (Å²) >= 11 is 0. The van der Waals surface area contributed by atoms with Gasteiger partial charge in [0.1, 0.15) is 5.75 Å². The Kier molecular flexibility index (Phi) is 6.40. The zero-order chi connectivity index (χ0) is 24.7. The molecule has 2 N–H and O–H groups in total. The van der Waals surface area contributed by atoms with Gasteiger partial charge in [0.05, 0.1) is 11.4 Å². The van der Waals surface area contributed by atoms with Gasteiger partial charge in [-0.3, -0.25) is 14.2 Å². The highest BCUT2D eigenvalue weighted by Gasteiger charge is 2.32. The topological polar surface area (TPSA) is 88.8 Å². The van der Waals surface area contributed by atoms with E-state index in [0.717, 1.165) is 41.0 Å². The predicted molar refractivity (Wildman–Crippen MR) is 111 cm³/mol. The van der Waals surface area contributed by atoms with E-state index in [9.17, 15) is 37.4 Å². The molecule has 1 atom stereocenters. The number of ether oxygens (including phenoxy) is 1. The molecule has 1 unspecified atom stereocenters. The number of nitrogens with zero attached hydrogens (tertiary/aromatic N) is 1. The number of halogens is 4. The second-order valence-electron chi connectivity index (χ2n) is 8.05. The van der Waals surface area contributed by atoms with Crippen molar-refractivity contribution in [2.75, 3.05) is 0 Å². The third kappa shape index (κ3) is 4.94. The predicted octanol–water partition coefficient (Wildman–Crippen LogP) is 5.60. The van der Waals surface area contributed by atoms with Gasteiger partial charge in [-0.15, -0.1) is 13.2 Å². The number of aromatic nitrogens is 1. The maximum atomic E-state index is 14.2. The monoisotopic (exact) mass is 467 g/mol. The Morgan fingerprint density at radius 1 is 1.12 bits per heavy atom. The highest BCUT2D eigenvalue weighted by Crippen LogP contribution is 2.38. The number of carbonyl (C=O) groups excluding carboxylic acids is 1. The fraction of sp³-hybridized carbons (Fsp3) is 0.304. The normalized spacial score (nSPS) is 12.8. The third-order valence-electron chi connectivity index (χ3n) is 5.21. The standard InChI is InChI=1S/C23H21F4NO5/c1-11(2)8-16(22(31)32)20-12(3)28(18-10-17(24)19(29)9-15(18)20)21(30)13-4-6-14(7-5-13)33-23(25,26)27/h4-7,9-11,16,29H,8H2,1-3H3,(H,31,32). The van der Waals surface area contributed by atoms with E-state index >= 15 is 0 Å². The Labute approximate surface area is 186 Å². The fourth-order valence-corrected chi connectivity index (χ4v) is 3.89. The molecule has 2 aromatic carbocycles. The van der Waals surface area contributed by atoms with Crippen molar-refractivity contribution >= 4 is 22.8 Å². The summed E-state index contributed by atoms with van der Waals surface area (Å²) in [5.74, 6) is -5.13. The van der Waals surface area contributed by atoms with E-state index in [-0.39, 0.29) is 40.1 Å². The molecule has 6 nitrogen and oxygen atoms in total. The first-order valence-electron chi connectivity index (χ1n) is 9.97. The summed E-state index contributed by atoms with van der Waals surface area (Å²) in [5.41, 5.74) is 0.490. The maximum Gasteiger partial charge on any atom is 0.573 e. The number of phenolic OH excluding ortho intramolecular Hbond substituents is 1. The zero-order valence-corrected chi connectivity index (χ0v) is 17.9. The van der Waals surface area contributed by atoms with Crippen LogP contribution in [-0.2, 0) is 4.79 Å². The molecule has 10 heteroatoms. The highest BCUT2D eigenvalue weighted by molar-refractivity contribution is 6.05. The largest absolute Gasteiger partial charge is 0.573 e. The van der Waals surface area contributed by atoms with Gasteiger partial charge in [0.2, 0.25) is 0 Å². The first kappa shape index (κ1) is 24.1. The molecule has 1 aromatic heterocycles. The van der Waals surface area contributed by atoms with E-state index in [2.05, 4.69) is 4.74 Å². The lowest BCUT2D eigenvalue weighted by atomic mass is 9.88. The summed E-state index contributed by atoms with van der Waals surface area (Å²) in [7, 11) is 0. The number of fused-ring (bicyclic) bond motifs is 1. The minimum atomic E-state index is -4.89. The Morgan fingerprint density at radius 3 is 2.24 bits per heavy atom. The van der Waals surface area contributed by atoms with Crippen LogP contribution in [0.4, 0.5) is 17.6 Å². The fourth-order valence-electron chi connectivity index (χ4n) is 3.89. The van der Waals surface area contributed by atoms with Gasteiger partial charge in [0, 0.05) is 22.7 Å². The lowest BCUT2D eigenvalue weighted by Gasteiger charge is -2.16. The van der Waals surface area contributed by atoms with Crippen LogP contribution in [0.3, 0.4) is 0 Å². The summed E-state index contributed by atoms with van der Waals surface area (Å²) in [6.07, 6.45) is -4.67. The van der Waals surface area contributed by atoms with Crippen LogP contribution in [0.15, 0.2) is 36.4 Å². The van der Waals surface area contributed by atoms with Gasteiger partial charge in [0.15, 0.2) is 11.6 Å². The summed E-state index contributed by atoms with van der Waals surface area (Å²) in [5, 5.41) is 19.9. The van der Waals surface area contributed by atoms with Crippen molar-refractivity contribution in [1.82, 2.24) is 4.57 Å². The molecule has 0 aliphatic rings. The van der Waals surface area contributed by atoms with E-state index < -0.39 is 41.5 Å². The molecule has 0 spiro atoms. The molecule has 176 valence electrons. The van der Waals surface area contributed by atoms with Gasteiger partial charge in [-0.2, -0.15) is 0 Å². The molecule has 0 aliphatic carbocycles. The molecule has 0 aliphatic heterocycles. The number of carbonyl (C=O) groups is 2. The van der Waals surface area contributed by atoms with Crippen molar-refractivity contribution in [3.63, 3.8) is 0 Å². The van der Waals surface area contributed by atoms with Crippen LogP contribution in [0.1, 0.15) is 47.8 Å². The van der Waals surface area contributed by atoms with E-state index in [4.69, 9.17) is 0 Å². The van der Waals surface area contributed by atoms with Gasteiger partial charge in [-0.25, -0.2) is 4.39 Å². The van der Waals surface area contributed by atoms with Crippen LogP contribution in [0.5, 0.6) is 11.5 Å². The molecule has 3 aromatic rings. The lowest BCUT2D eigenvalue weighted by Crippen LogP contribution is -2.18. The number of aromatic hydroxyl groups is 1. The minimum absolute atomic E-state index is 0.0187. The number of hydrogen-bond donors (Lipinski definition) is 2. The third-order valence-corrected chi connectivity index (χ3v) is 5.21. The van der Waals surface area contributed by atoms with Gasteiger partial charge in [0.25, 0.3) is 5.91 Å². The van der Waals surface area contributed by atoms with Crippen LogP contribution in [0.2, 0.25) is 0 Å². The molecule has 0 radical (unpaired) electrons. The SMILES string of the molecule is Cc1c(C(CC(C)C)C(=O)O)c2cc(O)c(F)cc2n1C(=O)c1ccc(OC(F)(F)F)cc1. The first-order valence-corrected chi connectivity index (χ1v) is 9.97. The van der Waals surface area contributed by atoms with Gasteiger partial charge >= 0.3 is 12.3 Å². The number of carboxylic acids is 1. The molecule has 0 saturated carbocycles. The van der Waals surface area contributed by atoms with Crippen LogP contribution in [0, 0.1) is 18.7 Å². The number of benzene rings is 2. The molecular weight excluding hydrogens is 446 g/mol. The van der Waals surface area contributed by atoms with Crippen molar-refractivity contribution in [2.45, 2.75) is 39.5 Å². The second kappa shape index (κ2) is 8.76. The highest BCUT2D eigenvalue weighted by atomic mass is 19.4. The van der Waals surface area contributed by atoms with E-state index in [1.807, 2.05) is 13.8 Å². The second-order valence-corrected chi connectivity index (χ2v) is 8.05.